The lowest BCUT2D eigenvalue weighted by Gasteiger charge is -2.71. The summed E-state index contributed by atoms with van der Waals surface area (Å²) in [5, 5.41) is 41.4. The number of fused-ring (bicyclic) bond motifs is 7. The average Bonchev–Trinajstić information content (AvgIpc) is 2.99. The van der Waals surface area contributed by atoms with Crippen LogP contribution in [0, 0.1) is 50.2 Å². The number of rotatable bonds is 5. The minimum absolute atomic E-state index is 0.00683. The maximum atomic E-state index is 12.9. The SMILES string of the molecule is CC1(C)CC[C@]2(C(=O)O)CC[C@]3(C)C(=CC[C@@H]4[C@@]5(C)CC[C@H](O)[C@@](C)(COC(=O)/C=C/c6ccc(O)c(O)c6)[C@@H]5CC[C@]43C)[C@@H]2C1. The summed E-state index contributed by atoms with van der Waals surface area (Å²) >= 11 is 0. The van der Waals surface area contributed by atoms with Crippen LogP contribution in [0.15, 0.2) is 35.9 Å². The van der Waals surface area contributed by atoms with E-state index in [9.17, 15) is 30.0 Å². The van der Waals surface area contributed by atoms with Crippen LogP contribution in [0.4, 0.5) is 0 Å². The molecule has 46 heavy (non-hydrogen) atoms. The maximum absolute atomic E-state index is 12.9. The van der Waals surface area contributed by atoms with Crippen molar-refractivity contribution in [2.24, 2.45) is 50.2 Å². The van der Waals surface area contributed by atoms with E-state index in [1.807, 2.05) is 0 Å². The zero-order valence-corrected chi connectivity index (χ0v) is 28.6. The third-order valence-electron chi connectivity index (χ3n) is 14.8. The Kier molecular flexibility index (Phi) is 7.82. The van der Waals surface area contributed by atoms with Crippen molar-refractivity contribution in [2.45, 2.75) is 112 Å². The van der Waals surface area contributed by atoms with Crippen molar-refractivity contribution in [1.82, 2.24) is 0 Å². The molecule has 0 heterocycles. The number of aliphatic hydroxyl groups excluding tert-OH is 1. The molecule has 6 rings (SSSR count). The van der Waals surface area contributed by atoms with Crippen LogP contribution in [0.3, 0.4) is 0 Å². The van der Waals surface area contributed by atoms with Crippen molar-refractivity contribution in [2.75, 3.05) is 6.61 Å². The predicted molar refractivity (Wildman–Crippen MR) is 177 cm³/mol. The van der Waals surface area contributed by atoms with E-state index in [0.717, 1.165) is 57.8 Å². The fourth-order valence-corrected chi connectivity index (χ4v) is 11.7. The lowest BCUT2D eigenvalue weighted by Crippen LogP contribution is -2.66. The number of allylic oxidation sites excluding steroid dienone is 2. The molecule has 0 aromatic heterocycles. The van der Waals surface area contributed by atoms with Crippen molar-refractivity contribution >= 4 is 18.0 Å². The zero-order chi connectivity index (χ0) is 33.5. The van der Waals surface area contributed by atoms with Gasteiger partial charge in [-0.05, 0) is 127 Å². The van der Waals surface area contributed by atoms with Gasteiger partial charge in [0.05, 0.1) is 18.1 Å². The fraction of sp³-hybridized carbons (Fsp3) is 0.692. The molecule has 0 bridgehead atoms. The van der Waals surface area contributed by atoms with Gasteiger partial charge >= 0.3 is 11.9 Å². The van der Waals surface area contributed by atoms with Crippen molar-refractivity contribution in [3.63, 3.8) is 0 Å². The van der Waals surface area contributed by atoms with Gasteiger partial charge in [-0.1, -0.05) is 59.3 Å². The molecule has 0 amide bonds. The number of hydrogen-bond acceptors (Lipinski definition) is 6. The number of carboxylic acid groups (broad SMARTS) is 1. The highest BCUT2D eigenvalue weighted by Gasteiger charge is 2.69. The third-order valence-corrected chi connectivity index (χ3v) is 14.8. The molecule has 7 nitrogen and oxygen atoms in total. The van der Waals surface area contributed by atoms with Gasteiger partial charge in [-0.3, -0.25) is 4.79 Å². The van der Waals surface area contributed by atoms with E-state index < -0.39 is 28.9 Å². The number of benzene rings is 1. The molecular formula is C39H54O7. The smallest absolute Gasteiger partial charge is 0.330 e. The molecule has 0 aliphatic heterocycles. The van der Waals surface area contributed by atoms with Crippen LogP contribution in [0.25, 0.3) is 6.08 Å². The van der Waals surface area contributed by atoms with Crippen LogP contribution < -0.4 is 0 Å². The second kappa shape index (κ2) is 10.9. The molecule has 1 aromatic carbocycles. The first-order valence-electron chi connectivity index (χ1n) is 17.4. The van der Waals surface area contributed by atoms with E-state index >= 15 is 0 Å². The number of carbonyl (C=O) groups is 2. The van der Waals surface area contributed by atoms with Crippen LogP contribution in [0.5, 0.6) is 11.5 Å². The summed E-state index contributed by atoms with van der Waals surface area (Å²) in [6, 6.07) is 4.35. The second-order valence-electron chi connectivity index (χ2n) is 17.4. The van der Waals surface area contributed by atoms with E-state index in [1.54, 1.807) is 12.1 Å². The topological polar surface area (TPSA) is 124 Å². The van der Waals surface area contributed by atoms with Gasteiger partial charge in [-0.15, -0.1) is 0 Å². The lowest BCUT2D eigenvalue weighted by molar-refractivity contribution is -0.219. The molecule has 4 fully saturated rings. The summed E-state index contributed by atoms with van der Waals surface area (Å²) in [7, 11) is 0. The molecule has 0 unspecified atom stereocenters. The summed E-state index contributed by atoms with van der Waals surface area (Å²) in [4.78, 5) is 25.8. The number of carboxylic acids is 1. The quantitative estimate of drug-likeness (QED) is 0.112. The van der Waals surface area contributed by atoms with Crippen LogP contribution in [0.1, 0.15) is 111 Å². The van der Waals surface area contributed by atoms with Crippen molar-refractivity contribution in [3.8, 4) is 11.5 Å². The van der Waals surface area contributed by atoms with Gasteiger partial charge < -0.3 is 25.2 Å². The molecule has 1 aromatic rings. The number of hydrogen-bond donors (Lipinski definition) is 4. The van der Waals surface area contributed by atoms with Crippen molar-refractivity contribution < 1.29 is 34.8 Å². The Bertz CT molecular complexity index is 1480. The Morgan fingerprint density at radius 1 is 0.913 bits per heavy atom. The molecule has 0 spiro atoms. The molecular weight excluding hydrogens is 580 g/mol. The van der Waals surface area contributed by atoms with Gasteiger partial charge in [-0.2, -0.15) is 0 Å². The average molecular weight is 635 g/mol. The number of ether oxygens (including phenoxy) is 1. The number of esters is 1. The first kappa shape index (κ1) is 33.1. The Hall–Kier alpha value is -2.80. The summed E-state index contributed by atoms with van der Waals surface area (Å²) in [5.41, 5.74) is 0.719. The van der Waals surface area contributed by atoms with Gasteiger partial charge in [0.25, 0.3) is 0 Å². The van der Waals surface area contributed by atoms with E-state index in [4.69, 9.17) is 4.74 Å². The zero-order valence-electron chi connectivity index (χ0n) is 28.6. The number of carbonyl (C=O) groups excluding carboxylic acids is 1. The van der Waals surface area contributed by atoms with Gasteiger partial charge in [0, 0.05) is 11.5 Å². The van der Waals surface area contributed by atoms with Gasteiger partial charge in [0.15, 0.2) is 11.5 Å². The minimum atomic E-state index is -0.653. The number of aliphatic hydroxyl groups is 1. The van der Waals surface area contributed by atoms with Crippen molar-refractivity contribution in [3.05, 3.63) is 41.5 Å². The number of phenols is 2. The van der Waals surface area contributed by atoms with Crippen molar-refractivity contribution in [1.29, 1.82) is 0 Å². The molecule has 7 heteroatoms. The Balaban J connectivity index is 1.27. The van der Waals surface area contributed by atoms with E-state index in [1.165, 1.54) is 23.8 Å². The Labute approximate surface area is 274 Å². The largest absolute Gasteiger partial charge is 0.504 e. The Morgan fingerprint density at radius 3 is 2.33 bits per heavy atom. The highest BCUT2D eigenvalue weighted by Crippen LogP contribution is 2.75. The third kappa shape index (κ3) is 4.77. The van der Waals surface area contributed by atoms with E-state index in [2.05, 4.69) is 47.6 Å². The number of aliphatic carboxylic acids is 1. The first-order valence-corrected chi connectivity index (χ1v) is 17.4. The molecule has 9 atom stereocenters. The summed E-state index contributed by atoms with van der Waals surface area (Å²) in [6.45, 7) is 14.2. The number of phenolic OH excluding ortho intramolecular Hbond substituents is 2. The van der Waals surface area contributed by atoms with E-state index in [-0.39, 0.29) is 51.6 Å². The molecule has 4 N–H and O–H groups in total. The Morgan fingerprint density at radius 2 is 1.63 bits per heavy atom. The highest BCUT2D eigenvalue weighted by atomic mass is 16.5. The first-order chi connectivity index (χ1) is 21.4. The molecule has 0 radical (unpaired) electrons. The molecule has 4 saturated carbocycles. The molecule has 5 aliphatic rings. The monoisotopic (exact) mass is 634 g/mol. The highest BCUT2D eigenvalue weighted by molar-refractivity contribution is 5.87. The van der Waals surface area contributed by atoms with E-state index in [0.29, 0.717) is 17.9 Å². The van der Waals surface area contributed by atoms with Gasteiger partial charge in [0.1, 0.15) is 0 Å². The van der Waals surface area contributed by atoms with Crippen LogP contribution in [-0.2, 0) is 14.3 Å². The second-order valence-corrected chi connectivity index (χ2v) is 17.4. The fourth-order valence-electron chi connectivity index (χ4n) is 11.7. The summed E-state index contributed by atoms with van der Waals surface area (Å²) in [5.74, 6) is -0.973. The predicted octanol–water partition coefficient (Wildman–Crippen LogP) is 7.88. The van der Waals surface area contributed by atoms with Crippen LogP contribution in [-0.4, -0.2) is 45.1 Å². The summed E-state index contributed by atoms with van der Waals surface area (Å²) in [6.07, 6.45) is 13.5. The standard InChI is InChI=1S/C39H54O7/c1-34(2)17-19-39(33(44)45)20-18-37(5)25(26(39)22-34)9-11-30-35(3)15-14-31(42)36(4,29(35)13-16-38(30,37)6)23-46-32(43)12-8-24-7-10-27(40)28(41)21-24/h7-10,12,21,26,29-31,40-42H,11,13-20,22-23H2,1-6H3,(H,44,45)/b12-8+/t26-,29+,30+,31-,35-,36-,37+,38+,39-/m0/s1. The van der Waals surface area contributed by atoms with Gasteiger partial charge in [0.2, 0.25) is 0 Å². The van der Waals surface area contributed by atoms with Gasteiger partial charge in [-0.25, -0.2) is 4.79 Å². The number of aromatic hydroxyl groups is 2. The summed E-state index contributed by atoms with van der Waals surface area (Å²) < 4.78 is 5.84. The molecule has 0 saturated heterocycles. The van der Waals surface area contributed by atoms with Crippen LogP contribution in [0.2, 0.25) is 0 Å². The molecule has 252 valence electrons. The minimum Gasteiger partial charge on any atom is -0.504 e. The lowest BCUT2D eigenvalue weighted by atomic mass is 9.33. The maximum Gasteiger partial charge on any atom is 0.330 e. The molecule has 5 aliphatic carbocycles. The normalized spacial score (nSPS) is 43.0. The van der Waals surface area contributed by atoms with Crippen LogP contribution >= 0.6 is 0 Å².